The van der Waals surface area contributed by atoms with Gasteiger partial charge in [0.15, 0.2) is 0 Å². The molecule has 2 rings (SSSR count). The minimum atomic E-state index is -0.164. The molecule has 3 heteroatoms. The Labute approximate surface area is 114 Å². The highest BCUT2D eigenvalue weighted by Gasteiger charge is 2.25. The molecule has 1 heterocycles. The van der Waals surface area contributed by atoms with E-state index < -0.39 is 0 Å². The van der Waals surface area contributed by atoms with Crippen LogP contribution in [-0.4, -0.2) is 35.6 Å². The lowest BCUT2D eigenvalue weighted by molar-refractivity contribution is 0.0787. The van der Waals surface area contributed by atoms with Crippen molar-refractivity contribution >= 4 is 5.91 Å². The third kappa shape index (κ3) is 3.36. The third-order valence-electron chi connectivity index (χ3n) is 3.57. The Morgan fingerprint density at radius 2 is 2.37 bits per heavy atom. The maximum absolute atomic E-state index is 12.4. The first-order valence-electron chi connectivity index (χ1n) is 6.73. The van der Waals surface area contributed by atoms with E-state index in [-0.39, 0.29) is 12.5 Å². The average molecular weight is 257 g/mol. The summed E-state index contributed by atoms with van der Waals surface area (Å²) in [7, 11) is 0. The van der Waals surface area contributed by atoms with Crippen molar-refractivity contribution in [3.8, 4) is 11.8 Å². The molecule has 1 atom stereocenters. The first kappa shape index (κ1) is 13.6. The summed E-state index contributed by atoms with van der Waals surface area (Å²) in [6, 6.07) is 7.30. The molecular weight excluding hydrogens is 238 g/mol. The van der Waals surface area contributed by atoms with Gasteiger partial charge >= 0.3 is 0 Å². The maximum atomic E-state index is 12.4. The fourth-order valence-electron chi connectivity index (χ4n) is 2.40. The molecule has 100 valence electrons. The second-order valence-corrected chi connectivity index (χ2v) is 4.85. The number of carbonyl (C=O) groups is 1. The van der Waals surface area contributed by atoms with Crippen LogP contribution in [0, 0.1) is 17.8 Å². The zero-order valence-corrected chi connectivity index (χ0v) is 11.2. The number of aliphatic hydroxyl groups excluding tert-OH is 1. The van der Waals surface area contributed by atoms with Gasteiger partial charge < -0.3 is 10.0 Å². The lowest BCUT2D eigenvalue weighted by Crippen LogP contribution is -2.28. The summed E-state index contributed by atoms with van der Waals surface area (Å²) < 4.78 is 0. The lowest BCUT2D eigenvalue weighted by Gasteiger charge is -2.16. The normalized spacial score (nSPS) is 18.0. The van der Waals surface area contributed by atoms with Crippen LogP contribution in [0.1, 0.15) is 35.7 Å². The fraction of sp³-hybridized carbons (Fsp3) is 0.438. The highest BCUT2D eigenvalue weighted by molar-refractivity contribution is 5.94. The van der Waals surface area contributed by atoms with Crippen molar-refractivity contribution in [2.24, 2.45) is 5.92 Å². The highest BCUT2D eigenvalue weighted by atomic mass is 16.2. The van der Waals surface area contributed by atoms with Gasteiger partial charge in [-0.1, -0.05) is 31.3 Å². The molecule has 3 nitrogen and oxygen atoms in total. The van der Waals surface area contributed by atoms with Gasteiger partial charge in [0.05, 0.1) is 0 Å². The standard InChI is InChI=1S/C16H19NO2/c1-2-13-8-9-17(12-13)16(19)15-7-3-5-14(11-15)6-4-10-18/h3,5,7,11,13,18H,2,8-10,12H2,1H3. The smallest absolute Gasteiger partial charge is 0.253 e. The fourth-order valence-corrected chi connectivity index (χ4v) is 2.40. The summed E-state index contributed by atoms with van der Waals surface area (Å²) in [6.45, 7) is 3.72. The van der Waals surface area contributed by atoms with Crippen LogP contribution in [0.5, 0.6) is 0 Å². The van der Waals surface area contributed by atoms with Gasteiger partial charge in [-0.05, 0) is 30.5 Å². The molecule has 0 aromatic heterocycles. The number of likely N-dealkylation sites (tertiary alicyclic amines) is 1. The van der Waals surface area contributed by atoms with Crippen molar-refractivity contribution in [2.75, 3.05) is 19.7 Å². The molecule has 0 spiro atoms. The summed E-state index contributed by atoms with van der Waals surface area (Å²) in [5.74, 6) is 6.15. The van der Waals surface area contributed by atoms with Crippen LogP contribution in [0.2, 0.25) is 0 Å². The van der Waals surface area contributed by atoms with Crippen molar-refractivity contribution in [3.05, 3.63) is 35.4 Å². The van der Waals surface area contributed by atoms with Crippen LogP contribution < -0.4 is 0 Å². The minimum Gasteiger partial charge on any atom is -0.384 e. The zero-order chi connectivity index (χ0) is 13.7. The number of rotatable bonds is 2. The number of hydrogen-bond donors (Lipinski definition) is 1. The third-order valence-corrected chi connectivity index (χ3v) is 3.57. The minimum absolute atomic E-state index is 0.0867. The van der Waals surface area contributed by atoms with Gasteiger partial charge in [-0.3, -0.25) is 4.79 Å². The quantitative estimate of drug-likeness (QED) is 0.822. The second-order valence-electron chi connectivity index (χ2n) is 4.85. The van der Waals surface area contributed by atoms with Crippen molar-refractivity contribution in [2.45, 2.75) is 19.8 Å². The van der Waals surface area contributed by atoms with E-state index >= 15 is 0 Å². The molecule has 1 aliphatic heterocycles. The Morgan fingerprint density at radius 1 is 1.53 bits per heavy atom. The summed E-state index contributed by atoms with van der Waals surface area (Å²) in [5.41, 5.74) is 1.45. The number of amides is 1. The van der Waals surface area contributed by atoms with Crippen LogP contribution in [0.15, 0.2) is 24.3 Å². The van der Waals surface area contributed by atoms with Gasteiger partial charge in [-0.25, -0.2) is 0 Å². The van der Waals surface area contributed by atoms with E-state index in [1.54, 1.807) is 6.07 Å². The maximum Gasteiger partial charge on any atom is 0.253 e. The van der Waals surface area contributed by atoms with Crippen molar-refractivity contribution in [1.29, 1.82) is 0 Å². The van der Waals surface area contributed by atoms with Crippen LogP contribution in [-0.2, 0) is 0 Å². The molecule has 0 bridgehead atoms. The number of carbonyl (C=O) groups excluding carboxylic acids is 1. The van der Waals surface area contributed by atoms with Crippen molar-refractivity contribution < 1.29 is 9.90 Å². The Balaban J connectivity index is 2.11. The first-order valence-corrected chi connectivity index (χ1v) is 6.73. The van der Waals surface area contributed by atoms with Gasteiger partial charge in [0.1, 0.15) is 6.61 Å². The molecule has 1 unspecified atom stereocenters. The first-order chi connectivity index (χ1) is 9.24. The SMILES string of the molecule is CCC1CCN(C(=O)c2cccc(C#CCO)c2)C1. The zero-order valence-electron chi connectivity index (χ0n) is 11.2. The summed E-state index contributed by atoms with van der Waals surface area (Å²) in [6.07, 6.45) is 2.23. The van der Waals surface area contributed by atoms with Crippen molar-refractivity contribution in [1.82, 2.24) is 4.90 Å². The Morgan fingerprint density at radius 3 is 3.05 bits per heavy atom. The van der Waals surface area contributed by atoms with Gasteiger partial charge in [0.2, 0.25) is 0 Å². The molecule has 1 fully saturated rings. The van der Waals surface area contributed by atoms with E-state index in [9.17, 15) is 4.79 Å². The largest absolute Gasteiger partial charge is 0.384 e. The molecule has 0 saturated carbocycles. The van der Waals surface area contributed by atoms with Crippen LogP contribution in [0.25, 0.3) is 0 Å². The number of aliphatic hydroxyl groups is 1. The van der Waals surface area contributed by atoms with Crippen LogP contribution >= 0.6 is 0 Å². The number of hydrogen-bond acceptors (Lipinski definition) is 2. The van der Waals surface area contributed by atoms with Crippen LogP contribution in [0.4, 0.5) is 0 Å². The van der Waals surface area contributed by atoms with E-state index in [1.165, 1.54) is 0 Å². The molecule has 1 aromatic rings. The Bertz CT molecular complexity index is 513. The molecule has 19 heavy (non-hydrogen) atoms. The van der Waals surface area contributed by atoms with E-state index in [2.05, 4.69) is 18.8 Å². The molecule has 1 N–H and O–H groups in total. The number of nitrogens with zero attached hydrogens (tertiary/aromatic N) is 1. The summed E-state index contributed by atoms with van der Waals surface area (Å²) in [5, 5.41) is 8.69. The summed E-state index contributed by atoms with van der Waals surface area (Å²) in [4.78, 5) is 14.3. The van der Waals surface area contributed by atoms with Crippen molar-refractivity contribution in [3.63, 3.8) is 0 Å². The van der Waals surface area contributed by atoms with E-state index in [0.717, 1.165) is 31.5 Å². The molecule has 1 aromatic carbocycles. The lowest BCUT2D eigenvalue weighted by atomic mass is 10.1. The average Bonchev–Trinajstić information content (AvgIpc) is 2.93. The molecule has 1 saturated heterocycles. The second kappa shape index (κ2) is 6.40. The van der Waals surface area contributed by atoms with Gasteiger partial charge in [0, 0.05) is 24.2 Å². The predicted molar refractivity (Wildman–Crippen MR) is 74.7 cm³/mol. The molecule has 1 amide bonds. The van der Waals surface area contributed by atoms with Gasteiger partial charge in [-0.15, -0.1) is 0 Å². The highest BCUT2D eigenvalue weighted by Crippen LogP contribution is 2.21. The molecular formula is C16H19NO2. The molecule has 1 aliphatic rings. The molecule has 0 aliphatic carbocycles. The Hall–Kier alpha value is -1.79. The monoisotopic (exact) mass is 257 g/mol. The molecule has 0 radical (unpaired) electrons. The Kier molecular flexibility index (Phi) is 4.59. The topological polar surface area (TPSA) is 40.5 Å². The summed E-state index contributed by atoms with van der Waals surface area (Å²) >= 11 is 0. The number of benzene rings is 1. The van der Waals surface area contributed by atoms with Gasteiger partial charge in [-0.2, -0.15) is 0 Å². The van der Waals surface area contributed by atoms with Crippen LogP contribution in [0.3, 0.4) is 0 Å². The van der Waals surface area contributed by atoms with E-state index in [4.69, 9.17) is 5.11 Å². The van der Waals surface area contributed by atoms with E-state index in [1.807, 2.05) is 23.1 Å². The predicted octanol–water partition coefficient (Wildman–Crippen LogP) is 1.90. The van der Waals surface area contributed by atoms with Gasteiger partial charge in [0.25, 0.3) is 5.91 Å². The van der Waals surface area contributed by atoms with E-state index in [0.29, 0.717) is 11.5 Å².